The van der Waals surface area contributed by atoms with E-state index in [9.17, 15) is 18.0 Å². The highest BCUT2D eigenvalue weighted by Crippen LogP contribution is 2.33. The second-order valence-corrected chi connectivity index (χ2v) is 9.02. The van der Waals surface area contributed by atoms with Crippen LogP contribution in [-0.2, 0) is 21.4 Å². The molecule has 2 aliphatic rings. The van der Waals surface area contributed by atoms with Gasteiger partial charge in [-0.15, -0.1) is 0 Å². The summed E-state index contributed by atoms with van der Waals surface area (Å²) >= 11 is 3.26. The predicted molar refractivity (Wildman–Crippen MR) is 99.2 cm³/mol. The van der Waals surface area contributed by atoms with Gasteiger partial charge in [-0.25, -0.2) is 12.7 Å². The van der Waals surface area contributed by atoms with Crippen LogP contribution in [-0.4, -0.2) is 31.1 Å². The van der Waals surface area contributed by atoms with Gasteiger partial charge in [0, 0.05) is 23.1 Å². The average molecular weight is 435 g/mol. The molecule has 0 radical (unpaired) electrons. The van der Waals surface area contributed by atoms with Gasteiger partial charge >= 0.3 is 0 Å². The number of sulfonamides is 1. The number of nitrogens with zero attached hydrogens (tertiary/aromatic N) is 2. The Bertz CT molecular complexity index is 1020. The standard InChI is InChI=1S/C18H15BrN2O4S/c19-13-5-8-16-15(10-13)18(23)21(26(16,24)25)11-12-3-6-14(7-4-12)20-9-1-2-17(20)22/h3-8,10H,1-2,9,11H2. The van der Waals surface area contributed by atoms with Gasteiger partial charge in [0.25, 0.3) is 15.9 Å². The third-order valence-electron chi connectivity index (χ3n) is 4.61. The number of rotatable bonds is 3. The van der Waals surface area contributed by atoms with Gasteiger partial charge in [-0.2, -0.15) is 0 Å². The van der Waals surface area contributed by atoms with Crippen LogP contribution in [0.2, 0.25) is 0 Å². The second kappa shape index (κ2) is 6.21. The van der Waals surface area contributed by atoms with Crippen LogP contribution in [0.3, 0.4) is 0 Å². The first kappa shape index (κ1) is 17.2. The molecule has 134 valence electrons. The van der Waals surface area contributed by atoms with Crippen LogP contribution in [0.4, 0.5) is 5.69 Å². The van der Waals surface area contributed by atoms with Crippen molar-refractivity contribution >= 4 is 43.5 Å². The molecule has 26 heavy (non-hydrogen) atoms. The van der Waals surface area contributed by atoms with Gasteiger partial charge in [0.1, 0.15) is 4.90 Å². The zero-order valence-corrected chi connectivity index (χ0v) is 16.1. The lowest BCUT2D eigenvalue weighted by atomic mass is 10.1. The predicted octanol–water partition coefficient (Wildman–Crippen LogP) is 2.92. The summed E-state index contributed by atoms with van der Waals surface area (Å²) in [5.74, 6) is -0.434. The maximum absolute atomic E-state index is 12.7. The molecular weight excluding hydrogens is 420 g/mol. The number of amides is 2. The molecule has 8 heteroatoms. The topological polar surface area (TPSA) is 74.8 Å². The van der Waals surface area contributed by atoms with E-state index in [-0.39, 0.29) is 22.9 Å². The summed E-state index contributed by atoms with van der Waals surface area (Å²) in [5, 5.41) is 0. The van der Waals surface area contributed by atoms with Crippen molar-refractivity contribution < 1.29 is 18.0 Å². The molecule has 0 unspecified atom stereocenters. The SMILES string of the molecule is O=C1CCCN1c1ccc(CN2C(=O)c3cc(Br)ccc3S2(=O)=O)cc1. The summed E-state index contributed by atoms with van der Waals surface area (Å²) in [6.45, 7) is 0.656. The minimum Gasteiger partial charge on any atom is -0.312 e. The lowest BCUT2D eigenvalue weighted by molar-refractivity contribution is -0.117. The molecule has 0 N–H and O–H groups in total. The Hall–Kier alpha value is -2.19. The summed E-state index contributed by atoms with van der Waals surface area (Å²) in [7, 11) is -3.85. The molecule has 6 nitrogen and oxygen atoms in total. The average Bonchev–Trinajstić information content (AvgIpc) is 3.11. The molecule has 0 saturated carbocycles. The number of benzene rings is 2. The number of hydrogen-bond donors (Lipinski definition) is 0. The van der Waals surface area contributed by atoms with E-state index in [0.717, 1.165) is 16.4 Å². The minimum absolute atomic E-state index is 0.0324. The highest BCUT2D eigenvalue weighted by molar-refractivity contribution is 9.10. The van der Waals surface area contributed by atoms with Crippen LogP contribution in [0.5, 0.6) is 0 Å². The summed E-state index contributed by atoms with van der Waals surface area (Å²) in [4.78, 5) is 26.1. The van der Waals surface area contributed by atoms with Crippen LogP contribution in [0, 0.1) is 0 Å². The van der Waals surface area contributed by atoms with E-state index in [1.54, 1.807) is 35.2 Å². The van der Waals surface area contributed by atoms with E-state index >= 15 is 0 Å². The van der Waals surface area contributed by atoms with Gasteiger partial charge in [-0.3, -0.25) is 9.59 Å². The molecule has 0 atom stereocenters. The summed E-state index contributed by atoms with van der Waals surface area (Å²) in [5.41, 5.74) is 1.65. The third kappa shape index (κ3) is 2.73. The lowest BCUT2D eigenvalue weighted by Crippen LogP contribution is -2.29. The molecule has 0 aliphatic carbocycles. The maximum Gasteiger partial charge on any atom is 0.269 e. The molecular formula is C18H15BrN2O4S. The first-order valence-electron chi connectivity index (χ1n) is 8.14. The fourth-order valence-corrected chi connectivity index (χ4v) is 5.18. The highest BCUT2D eigenvalue weighted by atomic mass is 79.9. The Morgan fingerprint density at radius 3 is 2.42 bits per heavy atom. The Kier molecular flexibility index (Phi) is 4.11. The molecule has 2 heterocycles. The zero-order valence-electron chi connectivity index (χ0n) is 13.7. The minimum atomic E-state index is -3.85. The van der Waals surface area contributed by atoms with Gasteiger partial charge < -0.3 is 4.90 Å². The van der Waals surface area contributed by atoms with Crippen LogP contribution < -0.4 is 4.90 Å². The molecule has 2 aliphatic heterocycles. The molecule has 2 aromatic rings. The van der Waals surface area contributed by atoms with Gasteiger partial charge in [0.05, 0.1) is 12.1 Å². The molecule has 4 rings (SSSR count). The fourth-order valence-electron chi connectivity index (χ4n) is 3.28. The number of halogens is 1. The van der Waals surface area contributed by atoms with Crippen molar-refractivity contribution in [1.82, 2.24) is 4.31 Å². The van der Waals surface area contributed by atoms with E-state index in [1.807, 2.05) is 0 Å². The summed E-state index contributed by atoms with van der Waals surface area (Å²) in [6, 6.07) is 11.7. The number of carbonyl (C=O) groups is 2. The van der Waals surface area contributed by atoms with Crippen molar-refractivity contribution in [2.24, 2.45) is 0 Å². The summed E-state index contributed by atoms with van der Waals surface area (Å²) in [6.07, 6.45) is 1.39. The van der Waals surface area contributed by atoms with Gasteiger partial charge in [0.2, 0.25) is 5.91 Å². The van der Waals surface area contributed by atoms with Crippen molar-refractivity contribution in [3.05, 3.63) is 58.1 Å². The van der Waals surface area contributed by atoms with E-state index < -0.39 is 15.9 Å². The molecule has 2 amide bonds. The van der Waals surface area contributed by atoms with E-state index in [2.05, 4.69) is 15.9 Å². The normalized spacial score (nSPS) is 18.5. The van der Waals surface area contributed by atoms with Gasteiger partial charge in [0.15, 0.2) is 0 Å². The first-order chi connectivity index (χ1) is 12.4. The first-order valence-corrected chi connectivity index (χ1v) is 10.4. The molecule has 1 fully saturated rings. The molecule has 1 saturated heterocycles. The third-order valence-corrected chi connectivity index (χ3v) is 6.89. The number of fused-ring (bicyclic) bond motifs is 1. The number of hydrogen-bond acceptors (Lipinski definition) is 4. The van der Waals surface area contributed by atoms with Crippen molar-refractivity contribution in [1.29, 1.82) is 0 Å². The zero-order chi connectivity index (χ0) is 18.5. The van der Waals surface area contributed by atoms with Crippen molar-refractivity contribution in [2.75, 3.05) is 11.4 Å². The lowest BCUT2D eigenvalue weighted by Gasteiger charge is -2.18. The van der Waals surface area contributed by atoms with E-state index in [4.69, 9.17) is 0 Å². The monoisotopic (exact) mass is 434 g/mol. The Morgan fingerprint density at radius 2 is 1.77 bits per heavy atom. The quantitative estimate of drug-likeness (QED) is 0.743. The largest absolute Gasteiger partial charge is 0.312 e. The van der Waals surface area contributed by atoms with Crippen LogP contribution in [0.1, 0.15) is 28.8 Å². The van der Waals surface area contributed by atoms with Gasteiger partial charge in [-0.05, 0) is 42.3 Å². The van der Waals surface area contributed by atoms with E-state index in [0.29, 0.717) is 23.0 Å². The maximum atomic E-state index is 12.7. The fraction of sp³-hybridized carbons (Fsp3) is 0.222. The van der Waals surface area contributed by atoms with Crippen molar-refractivity contribution in [2.45, 2.75) is 24.3 Å². The molecule has 2 aromatic carbocycles. The van der Waals surface area contributed by atoms with E-state index in [1.165, 1.54) is 12.1 Å². The second-order valence-electron chi connectivity index (χ2n) is 6.27. The van der Waals surface area contributed by atoms with Crippen molar-refractivity contribution in [3.63, 3.8) is 0 Å². The number of anilines is 1. The van der Waals surface area contributed by atoms with Crippen LogP contribution in [0.25, 0.3) is 0 Å². The smallest absolute Gasteiger partial charge is 0.269 e. The number of carbonyl (C=O) groups excluding carboxylic acids is 2. The van der Waals surface area contributed by atoms with Crippen LogP contribution >= 0.6 is 15.9 Å². The molecule has 0 bridgehead atoms. The Balaban J connectivity index is 1.60. The van der Waals surface area contributed by atoms with Gasteiger partial charge in [-0.1, -0.05) is 28.1 Å². The molecule has 0 aromatic heterocycles. The Labute approximate surface area is 159 Å². The highest BCUT2D eigenvalue weighted by Gasteiger charge is 2.41. The van der Waals surface area contributed by atoms with Crippen LogP contribution in [0.15, 0.2) is 51.8 Å². The Morgan fingerprint density at radius 1 is 1.04 bits per heavy atom. The van der Waals surface area contributed by atoms with Crippen molar-refractivity contribution in [3.8, 4) is 0 Å². The summed E-state index contributed by atoms with van der Waals surface area (Å²) < 4.78 is 26.9. The molecule has 0 spiro atoms.